The molecule has 0 saturated carbocycles. The van der Waals surface area contributed by atoms with Gasteiger partial charge in [0.25, 0.3) is 0 Å². The standard InChI is InChI=1S/C16H19Cl2F4N3S/c1-10(12-3-2-11(17)8-13(12)18)23-15(26)25-6-4-24(5-7-25)9-16(21,22)14(19)20/h2-3,8,10,14H,4-7,9H2,1H3,(H,23,26). The lowest BCUT2D eigenvalue weighted by Crippen LogP contribution is -2.54. The first-order valence-electron chi connectivity index (χ1n) is 7.99. The number of piperazine rings is 1. The number of alkyl halides is 4. The maximum atomic E-state index is 13.1. The van der Waals surface area contributed by atoms with Crippen LogP contribution in [-0.2, 0) is 0 Å². The van der Waals surface area contributed by atoms with E-state index in [2.05, 4.69) is 5.32 Å². The SMILES string of the molecule is CC(NC(=S)N1CCN(CC(F)(F)C(F)F)CC1)c1ccc(Cl)cc1Cl. The van der Waals surface area contributed by atoms with Gasteiger partial charge in [-0.25, -0.2) is 8.78 Å². The van der Waals surface area contributed by atoms with Crippen LogP contribution in [0, 0.1) is 0 Å². The van der Waals surface area contributed by atoms with Crippen molar-refractivity contribution in [2.24, 2.45) is 0 Å². The first-order chi connectivity index (χ1) is 12.1. The lowest BCUT2D eigenvalue weighted by molar-refractivity contribution is -0.144. The molecule has 1 aliphatic heterocycles. The molecule has 1 N–H and O–H groups in total. The van der Waals surface area contributed by atoms with Crippen LogP contribution in [0.2, 0.25) is 10.0 Å². The van der Waals surface area contributed by atoms with Crippen LogP contribution >= 0.6 is 35.4 Å². The second-order valence-electron chi connectivity index (χ2n) is 6.16. The smallest absolute Gasteiger partial charge is 0.319 e. The molecular formula is C16H19Cl2F4N3S. The van der Waals surface area contributed by atoms with Gasteiger partial charge in [-0.15, -0.1) is 0 Å². The summed E-state index contributed by atoms with van der Waals surface area (Å²) >= 11 is 17.4. The molecular weight excluding hydrogens is 413 g/mol. The van der Waals surface area contributed by atoms with Gasteiger partial charge in [0, 0.05) is 36.2 Å². The van der Waals surface area contributed by atoms with Crippen LogP contribution in [0.15, 0.2) is 18.2 Å². The fraction of sp³-hybridized carbons (Fsp3) is 0.562. The molecule has 146 valence electrons. The zero-order valence-corrected chi connectivity index (χ0v) is 16.3. The molecule has 2 rings (SSSR count). The number of benzene rings is 1. The number of nitrogens with zero attached hydrogens (tertiary/aromatic N) is 2. The highest BCUT2D eigenvalue weighted by molar-refractivity contribution is 7.80. The molecule has 3 nitrogen and oxygen atoms in total. The van der Waals surface area contributed by atoms with E-state index < -0.39 is 18.9 Å². The van der Waals surface area contributed by atoms with Crippen molar-refractivity contribution < 1.29 is 17.6 Å². The van der Waals surface area contributed by atoms with Gasteiger partial charge in [-0.3, -0.25) is 4.90 Å². The average molecular weight is 432 g/mol. The molecule has 26 heavy (non-hydrogen) atoms. The van der Waals surface area contributed by atoms with Gasteiger partial charge in [0.1, 0.15) is 0 Å². The maximum Gasteiger partial charge on any atom is 0.319 e. The van der Waals surface area contributed by atoms with Crippen LogP contribution in [0.1, 0.15) is 18.5 Å². The highest BCUT2D eigenvalue weighted by atomic mass is 35.5. The minimum Gasteiger partial charge on any atom is -0.356 e. The molecule has 0 bridgehead atoms. The van der Waals surface area contributed by atoms with E-state index in [-0.39, 0.29) is 19.1 Å². The van der Waals surface area contributed by atoms with Crippen LogP contribution in [0.4, 0.5) is 17.6 Å². The number of halogens is 6. The zero-order valence-electron chi connectivity index (χ0n) is 14.0. The fourth-order valence-electron chi connectivity index (χ4n) is 2.68. The van der Waals surface area contributed by atoms with E-state index in [9.17, 15) is 17.6 Å². The minimum atomic E-state index is -4.00. The van der Waals surface area contributed by atoms with Crippen molar-refractivity contribution in [1.82, 2.24) is 15.1 Å². The minimum absolute atomic E-state index is 0.173. The summed E-state index contributed by atoms with van der Waals surface area (Å²) < 4.78 is 50.9. The Morgan fingerprint density at radius 2 is 1.85 bits per heavy atom. The summed E-state index contributed by atoms with van der Waals surface area (Å²) in [7, 11) is 0. The molecule has 0 aromatic heterocycles. The maximum absolute atomic E-state index is 13.1. The van der Waals surface area contributed by atoms with E-state index in [1.165, 1.54) is 4.90 Å². The summed E-state index contributed by atoms with van der Waals surface area (Å²) in [5, 5.41) is 4.66. The van der Waals surface area contributed by atoms with Gasteiger partial charge in [-0.1, -0.05) is 29.3 Å². The Kier molecular flexibility index (Phi) is 7.35. The first-order valence-corrected chi connectivity index (χ1v) is 9.15. The van der Waals surface area contributed by atoms with Crippen LogP contribution in [0.5, 0.6) is 0 Å². The number of thiocarbonyl (C=S) groups is 1. The molecule has 1 fully saturated rings. The Morgan fingerprint density at radius 1 is 1.23 bits per heavy atom. The van der Waals surface area contributed by atoms with Gasteiger partial charge in [-0.2, -0.15) is 8.78 Å². The molecule has 1 aliphatic rings. The molecule has 10 heteroatoms. The van der Waals surface area contributed by atoms with E-state index in [1.54, 1.807) is 18.2 Å². The quantitative estimate of drug-likeness (QED) is 0.548. The van der Waals surface area contributed by atoms with Gasteiger partial charge in [0.15, 0.2) is 5.11 Å². The zero-order chi connectivity index (χ0) is 19.5. The Labute approximate surface area is 165 Å². The van der Waals surface area contributed by atoms with E-state index in [0.717, 1.165) is 5.56 Å². The van der Waals surface area contributed by atoms with Gasteiger partial charge in [0.05, 0.1) is 12.6 Å². The molecule has 1 saturated heterocycles. The third-order valence-electron chi connectivity index (χ3n) is 4.18. The average Bonchev–Trinajstić information content (AvgIpc) is 2.54. The molecule has 0 amide bonds. The number of hydrogen-bond donors (Lipinski definition) is 1. The van der Waals surface area contributed by atoms with E-state index >= 15 is 0 Å². The highest BCUT2D eigenvalue weighted by Crippen LogP contribution is 2.27. The van der Waals surface area contributed by atoms with Crippen LogP contribution in [0.25, 0.3) is 0 Å². The van der Waals surface area contributed by atoms with Crippen molar-refractivity contribution in [3.63, 3.8) is 0 Å². The summed E-state index contributed by atoms with van der Waals surface area (Å²) in [6, 6.07) is 5.00. The molecule has 1 heterocycles. The molecule has 1 unspecified atom stereocenters. The third kappa shape index (κ3) is 5.58. The van der Waals surface area contributed by atoms with Gasteiger partial charge in [0.2, 0.25) is 0 Å². The molecule has 1 aromatic carbocycles. The largest absolute Gasteiger partial charge is 0.356 e. The normalized spacial score (nSPS) is 17.5. The summed E-state index contributed by atoms with van der Waals surface area (Å²) in [5.41, 5.74) is 0.827. The Hall–Kier alpha value is -0.830. The van der Waals surface area contributed by atoms with E-state index in [4.69, 9.17) is 35.4 Å². The number of hydrogen-bond acceptors (Lipinski definition) is 2. The summed E-state index contributed by atoms with van der Waals surface area (Å²) in [6.07, 6.45) is -3.66. The van der Waals surface area contributed by atoms with Crippen molar-refractivity contribution in [3.05, 3.63) is 33.8 Å². The molecule has 0 spiro atoms. The van der Waals surface area contributed by atoms with Gasteiger partial charge in [-0.05, 0) is 36.8 Å². The molecule has 1 aromatic rings. The van der Waals surface area contributed by atoms with Crippen molar-refractivity contribution in [2.75, 3.05) is 32.7 Å². The predicted molar refractivity (Wildman–Crippen MR) is 99.6 cm³/mol. The van der Waals surface area contributed by atoms with Gasteiger partial charge < -0.3 is 10.2 Å². The van der Waals surface area contributed by atoms with Crippen molar-refractivity contribution in [1.29, 1.82) is 0 Å². The van der Waals surface area contributed by atoms with Gasteiger partial charge >= 0.3 is 12.3 Å². The van der Waals surface area contributed by atoms with Crippen LogP contribution in [-0.4, -0.2) is 60.0 Å². The Bertz CT molecular complexity index is 640. The lowest BCUT2D eigenvalue weighted by Gasteiger charge is -2.38. The number of nitrogens with one attached hydrogen (secondary N) is 1. The van der Waals surface area contributed by atoms with E-state index in [0.29, 0.717) is 28.2 Å². The Morgan fingerprint density at radius 3 is 2.38 bits per heavy atom. The summed E-state index contributed by atoms with van der Waals surface area (Å²) in [5.74, 6) is -4.00. The summed E-state index contributed by atoms with van der Waals surface area (Å²) in [6.45, 7) is 2.18. The second-order valence-corrected chi connectivity index (χ2v) is 7.39. The summed E-state index contributed by atoms with van der Waals surface area (Å²) in [4.78, 5) is 3.15. The first kappa shape index (κ1) is 21.5. The molecule has 0 radical (unpaired) electrons. The van der Waals surface area contributed by atoms with Crippen LogP contribution in [0.3, 0.4) is 0 Å². The topological polar surface area (TPSA) is 18.5 Å². The van der Waals surface area contributed by atoms with Crippen molar-refractivity contribution in [2.45, 2.75) is 25.3 Å². The molecule has 1 atom stereocenters. The van der Waals surface area contributed by atoms with Crippen molar-refractivity contribution in [3.8, 4) is 0 Å². The highest BCUT2D eigenvalue weighted by Gasteiger charge is 2.42. The lowest BCUT2D eigenvalue weighted by atomic mass is 10.1. The predicted octanol–water partition coefficient (Wildman–Crippen LogP) is 4.45. The van der Waals surface area contributed by atoms with E-state index in [1.807, 2.05) is 11.8 Å². The van der Waals surface area contributed by atoms with Crippen LogP contribution < -0.4 is 5.32 Å². The number of rotatable bonds is 5. The van der Waals surface area contributed by atoms with Crippen molar-refractivity contribution >= 4 is 40.5 Å². The monoisotopic (exact) mass is 431 g/mol. The third-order valence-corrected chi connectivity index (χ3v) is 5.12. The second kappa shape index (κ2) is 8.91. The fourth-order valence-corrected chi connectivity index (χ4v) is 3.61. The Balaban J connectivity index is 1.86. The molecule has 0 aliphatic carbocycles.